The number of benzene rings is 2. The standard InChI is InChI=1S/C25H25N5O2/c1-17-14-18(2)16-20(15-17)28-12-13-29-21-22(26-24(28)29)27(3)25(32)30(23(21)31)11-7-10-19-8-5-4-6-9-19/h4-10,14-16H,11-13H2,1-3H3/b10-7-. The number of imidazole rings is 1. The molecule has 3 heterocycles. The van der Waals surface area contributed by atoms with Crippen molar-refractivity contribution in [3.05, 3.63) is 92.1 Å². The molecule has 2 aromatic heterocycles. The molecule has 0 radical (unpaired) electrons. The first kappa shape index (κ1) is 20.1. The van der Waals surface area contributed by atoms with Gasteiger partial charge in [-0.3, -0.25) is 13.9 Å². The molecule has 0 saturated carbocycles. The SMILES string of the molecule is Cc1cc(C)cc(N2CCn3c2nc2c3c(=O)n(C/C=C\c3ccccc3)c(=O)n2C)c1. The van der Waals surface area contributed by atoms with E-state index in [1.165, 1.54) is 20.3 Å². The molecule has 1 aliphatic rings. The number of aromatic nitrogens is 4. The van der Waals surface area contributed by atoms with Crippen LogP contribution in [0.2, 0.25) is 0 Å². The normalized spacial score (nSPS) is 13.4. The largest absolute Gasteiger partial charge is 0.332 e. The number of hydrogen-bond donors (Lipinski definition) is 0. The molecule has 0 atom stereocenters. The average molecular weight is 428 g/mol. The van der Waals surface area contributed by atoms with Gasteiger partial charge < -0.3 is 9.47 Å². The molecule has 2 aromatic carbocycles. The van der Waals surface area contributed by atoms with Crippen LogP contribution < -0.4 is 16.1 Å². The smallest absolute Gasteiger partial charge is 0.310 e. The number of anilines is 2. The summed E-state index contributed by atoms with van der Waals surface area (Å²) in [4.78, 5) is 33.1. The third-order valence-electron chi connectivity index (χ3n) is 5.92. The van der Waals surface area contributed by atoms with Crippen LogP contribution in [0.4, 0.5) is 11.6 Å². The summed E-state index contributed by atoms with van der Waals surface area (Å²) in [7, 11) is 1.67. The number of allylic oxidation sites excluding steroid dienone is 1. The molecule has 32 heavy (non-hydrogen) atoms. The molecular weight excluding hydrogens is 402 g/mol. The lowest BCUT2D eigenvalue weighted by molar-refractivity contribution is 0.663. The summed E-state index contributed by atoms with van der Waals surface area (Å²) < 4.78 is 4.68. The predicted molar refractivity (Wildman–Crippen MR) is 128 cm³/mol. The lowest BCUT2D eigenvalue weighted by Gasteiger charge is -2.17. The Bertz CT molecular complexity index is 1450. The maximum atomic E-state index is 13.4. The minimum absolute atomic E-state index is 0.206. The van der Waals surface area contributed by atoms with Crippen molar-refractivity contribution in [3.8, 4) is 0 Å². The maximum absolute atomic E-state index is 13.4. The summed E-state index contributed by atoms with van der Waals surface area (Å²) in [5, 5.41) is 0. The number of hydrogen-bond acceptors (Lipinski definition) is 4. The number of rotatable bonds is 4. The van der Waals surface area contributed by atoms with Crippen molar-refractivity contribution < 1.29 is 0 Å². The van der Waals surface area contributed by atoms with Crippen molar-refractivity contribution in [2.45, 2.75) is 26.9 Å². The molecule has 0 aliphatic carbocycles. The van der Waals surface area contributed by atoms with Crippen molar-refractivity contribution in [1.82, 2.24) is 18.7 Å². The number of nitrogens with zero attached hydrogens (tertiary/aromatic N) is 5. The molecule has 7 heteroatoms. The average Bonchev–Trinajstić information content (AvgIpc) is 3.34. The van der Waals surface area contributed by atoms with Crippen LogP contribution in [0.5, 0.6) is 0 Å². The second-order valence-corrected chi connectivity index (χ2v) is 8.30. The fourth-order valence-electron chi connectivity index (χ4n) is 4.45. The highest BCUT2D eigenvalue weighted by Crippen LogP contribution is 2.32. The van der Waals surface area contributed by atoms with Crippen LogP contribution in [-0.2, 0) is 20.1 Å². The molecule has 0 saturated heterocycles. The van der Waals surface area contributed by atoms with E-state index < -0.39 is 0 Å². The summed E-state index contributed by atoms with van der Waals surface area (Å²) in [5.74, 6) is 0.703. The van der Waals surface area contributed by atoms with Gasteiger partial charge in [-0.2, -0.15) is 4.98 Å². The Morgan fingerprint density at radius 1 is 1.00 bits per heavy atom. The maximum Gasteiger partial charge on any atom is 0.332 e. The van der Waals surface area contributed by atoms with Crippen LogP contribution in [0.25, 0.3) is 17.2 Å². The highest BCUT2D eigenvalue weighted by molar-refractivity contribution is 5.78. The van der Waals surface area contributed by atoms with E-state index >= 15 is 0 Å². The fraction of sp³-hybridized carbons (Fsp3) is 0.240. The monoisotopic (exact) mass is 427 g/mol. The second-order valence-electron chi connectivity index (χ2n) is 8.30. The van der Waals surface area contributed by atoms with Gasteiger partial charge in [-0.15, -0.1) is 0 Å². The molecule has 0 N–H and O–H groups in total. The van der Waals surface area contributed by atoms with Crippen molar-refractivity contribution in [2.75, 3.05) is 11.4 Å². The minimum atomic E-state index is -0.366. The van der Waals surface area contributed by atoms with E-state index in [1.807, 2.05) is 47.1 Å². The number of aryl methyl sites for hydroxylation is 3. The van der Waals surface area contributed by atoms with E-state index in [-0.39, 0.29) is 17.8 Å². The number of fused-ring (bicyclic) bond motifs is 3. The van der Waals surface area contributed by atoms with Gasteiger partial charge >= 0.3 is 5.69 Å². The molecule has 1 aliphatic heterocycles. The van der Waals surface area contributed by atoms with Crippen LogP contribution in [0.15, 0.2) is 64.2 Å². The van der Waals surface area contributed by atoms with Gasteiger partial charge in [-0.05, 0) is 42.7 Å². The third-order valence-corrected chi connectivity index (χ3v) is 5.92. The van der Waals surface area contributed by atoms with Crippen LogP contribution in [0.3, 0.4) is 0 Å². The summed E-state index contributed by atoms with van der Waals surface area (Å²) in [5.41, 5.74) is 4.65. The van der Waals surface area contributed by atoms with Crippen LogP contribution in [0, 0.1) is 13.8 Å². The zero-order valence-electron chi connectivity index (χ0n) is 18.4. The van der Waals surface area contributed by atoms with Crippen molar-refractivity contribution in [1.29, 1.82) is 0 Å². The molecular formula is C25H25N5O2. The Kier molecular flexibility index (Phi) is 4.81. The molecule has 0 spiro atoms. The molecule has 5 rings (SSSR count). The Morgan fingerprint density at radius 2 is 1.72 bits per heavy atom. The van der Waals surface area contributed by atoms with Gasteiger partial charge in [0, 0.05) is 32.4 Å². The van der Waals surface area contributed by atoms with E-state index in [0.29, 0.717) is 23.7 Å². The molecule has 0 amide bonds. The molecule has 162 valence electrons. The van der Waals surface area contributed by atoms with Gasteiger partial charge in [0.25, 0.3) is 5.56 Å². The summed E-state index contributed by atoms with van der Waals surface area (Å²) >= 11 is 0. The van der Waals surface area contributed by atoms with E-state index in [1.54, 1.807) is 7.05 Å². The van der Waals surface area contributed by atoms with E-state index in [9.17, 15) is 9.59 Å². The first-order valence-corrected chi connectivity index (χ1v) is 10.7. The fourth-order valence-corrected chi connectivity index (χ4v) is 4.45. The van der Waals surface area contributed by atoms with Gasteiger partial charge in [0.05, 0.1) is 0 Å². The lowest BCUT2D eigenvalue weighted by Crippen LogP contribution is -2.39. The van der Waals surface area contributed by atoms with Crippen molar-refractivity contribution >= 4 is 28.9 Å². The molecule has 4 aromatic rings. The topological polar surface area (TPSA) is 65.1 Å². The zero-order valence-corrected chi connectivity index (χ0v) is 18.4. The van der Waals surface area contributed by atoms with Crippen molar-refractivity contribution in [2.24, 2.45) is 7.05 Å². The highest BCUT2D eigenvalue weighted by atomic mass is 16.2. The Balaban J connectivity index is 1.59. The van der Waals surface area contributed by atoms with E-state index in [0.717, 1.165) is 17.8 Å². The predicted octanol–water partition coefficient (Wildman–Crippen LogP) is 3.38. The van der Waals surface area contributed by atoms with Gasteiger partial charge in [-0.25, -0.2) is 4.79 Å². The lowest BCUT2D eigenvalue weighted by atomic mass is 10.1. The Labute approximate surface area is 185 Å². The summed E-state index contributed by atoms with van der Waals surface area (Å²) in [6, 6.07) is 16.2. The minimum Gasteiger partial charge on any atom is -0.310 e. The van der Waals surface area contributed by atoms with Crippen LogP contribution >= 0.6 is 0 Å². The summed E-state index contributed by atoms with van der Waals surface area (Å²) in [6.07, 6.45) is 3.76. The van der Waals surface area contributed by atoms with Gasteiger partial charge in [0.2, 0.25) is 5.95 Å². The van der Waals surface area contributed by atoms with Gasteiger partial charge in [0.15, 0.2) is 11.2 Å². The third kappa shape index (κ3) is 3.26. The summed E-state index contributed by atoms with van der Waals surface area (Å²) in [6.45, 7) is 5.73. The quantitative estimate of drug-likeness (QED) is 0.501. The van der Waals surface area contributed by atoms with Gasteiger partial charge in [-0.1, -0.05) is 48.6 Å². The van der Waals surface area contributed by atoms with Gasteiger partial charge in [0.1, 0.15) is 0 Å². The van der Waals surface area contributed by atoms with Crippen LogP contribution in [0.1, 0.15) is 16.7 Å². The van der Waals surface area contributed by atoms with E-state index in [4.69, 9.17) is 4.98 Å². The molecule has 0 fully saturated rings. The van der Waals surface area contributed by atoms with Crippen LogP contribution in [-0.4, -0.2) is 25.2 Å². The molecule has 0 bridgehead atoms. The first-order valence-electron chi connectivity index (χ1n) is 10.7. The first-order chi connectivity index (χ1) is 15.4. The highest BCUT2D eigenvalue weighted by Gasteiger charge is 2.28. The van der Waals surface area contributed by atoms with E-state index in [2.05, 4.69) is 36.9 Å². The van der Waals surface area contributed by atoms with Crippen molar-refractivity contribution in [3.63, 3.8) is 0 Å². The Morgan fingerprint density at radius 3 is 2.44 bits per heavy atom. The molecule has 0 unspecified atom stereocenters. The Hall–Kier alpha value is -3.87. The second kappa shape index (κ2) is 7.67. The zero-order chi connectivity index (χ0) is 22.4. The molecule has 7 nitrogen and oxygen atoms in total.